The van der Waals surface area contributed by atoms with Crippen LogP contribution in [0.4, 0.5) is 8.78 Å². The van der Waals surface area contributed by atoms with Gasteiger partial charge >= 0.3 is 0 Å². The first kappa shape index (κ1) is 10.1. The van der Waals surface area contributed by atoms with Gasteiger partial charge in [0.05, 0.1) is 0 Å². The molecule has 13 heavy (non-hydrogen) atoms. The third-order valence-corrected chi connectivity index (χ3v) is 1.87. The van der Waals surface area contributed by atoms with Crippen LogP contribution >= 0.6 is 0 Å². The van der Waals surface area contributed by atoms with Gasteiger partial charge in [-0.1, -0.05) is 6.07 Å². The summed E-state index contributed by atoms with van der Waals surface area (Å²) < 4.78 is 25.2. The monoisotopic (exact) mass is 185 g/mol. The number of halogens is 2. The molecule has 0 fully saturated rings. The Morgan fingerprint density at radius 2 is 2.00 bits per heavy atom. The van der Waals surface area contributed by atoms with Gasteiger partial charge in [0.15, 0.2) is 11.6 Å². The Kier molecular flexibility index (Phi) is 3.37. The minimum absolute atomic E-state index is 0.0908. The smallest absolute Gasteiger partial charge is 0.159 e. The predicted molar refractivity (Wildman–Crippen MR) is 48.3 cm³/mol. The summed E-state index contributed by atoms with van der Waals surface area (Å²) in [6.07, 6.45) is 1.47. The normalized spacial score (nSPS) is 12.9. The van der Waals surface area contributed by atoms with Crippen LogP contribution in [0.2, 0.25) is 0 Å². The Balaban J connectivity index is 2.63. The second kappa shape index (κ2) is 4.33. The average molecular weight is 185 g/mol. The second-order valence-electron chi connectivity index (χ2n) is 3.26. The maximum absolute atomic E-state index is 12.7. The number of rotatable bonds is 3. The van der Waals surface area contributed by atoms with E-state index in [1.165, 1.54) is 6.07 Å². The van der Waals surface area contributed by atoms with Crippen LogP contribution in [-0.2, 0) is 6.42 Å². The molecule has 2 N–H and O–H groups in total. The zero-order valence-corrected chi connectivity index (χ0v) is 7.56. The molecule has 0 heterocycles. The molecule has 1 rings (SSSR count). The molecule has 0 unspecified atom stereocenters. The van der Waals surface area contributed by atoms with Crippen molar-refractivity contribution in [2.24, 2.45) is 5.73 Å². The van der Waals surface area contributed by atoms with Crippen molar-refractivity contribution in [3.8, 4) is 0 Å². The third kappa shape index (κ3) is 3.11. The molecule has 0 saturated carbocycles. The zero-order chi connectivity index (χ0) is 9.84. The van der Waals surface area contributed by atoms with Crippen LogP contribution in [0, 0.1) is 11.6 Å². The highest BCUT2D eigenvalue weighted by atomic mass is 19.2. The molecule has 0 spiro atoms. The van der Waals surface area contributed by atoms with E-state index in [0.29, 0.717) is 6.42 Å². The quantitative estimate of drug-likeness (QED) is 0.767. The molecule has 0 aromatic heterocycles. The van der Waals surface area contributed by atoms with E-state index in [1.54, 1.807) is 6.07 Å². The molecule has 3 heteroatoms. The summed E-state index contributed by atoms with van der Waals surface area (Å²) in [7, 11) is 0. The van der Waals surface area contributed by atoms with Gasteiger partial charge in [-0.25, -0.2) is 8.78 Å². The fourth-order valence-electron chi connectivity index (χ4n) is 1.09. The summed E-state index contributed by atoms with van der Waals surface area (Å²) >= 11 is 0. The Morgan fingerprint density at radius 1 is 1.31 bits per heavy atom. The summed E-state index contributed by atoms with van der Waals surface area (Å²) in [6, 6.07) is 4.04. The van der Waals surface area contributed by atoms with Crippen molar-refractivity contribution in [1.29, 1.82) is 0 Å². The van der Waals surface area contributed by atoms with E-state index in [9.17, 15) is 8.78 Å². The highest BCUT2D eigenvalue weighted by Crippen LogP contribution is 2.10. The van der Waals surface area contributed by atoms with Crippen molar-refractivity contribution in [3.63, 3.8) is 0 Å². The highest BCUT2D eigenvalue weighted by Gasteiger charge is 2.02. The lowest BCUT2D eigenvalue weighted by Crippen LogP contribution is -2.15. The molecule has 0 aliphatic rings. The van der Waals surface area contributed by atoms with Crippen molar-refractivity contribution < 1.29 is 8.78 Å². The van der Waals surface area contributed by atoms with Gasteiger partial charge in [0, 0.05) is 6.04 Å². The van der Waals surface area contributed by atoms with Crippen LogP contribution in [0.3, 0.4) is 0 Å². The zero-order valence-electron chi connectivity index (χ0n) is 7.56. The summed E-state index contributed by atoms with van der Waals surface area (Å²) in [4.78, 5) is 0. The van der Waals surface area contributed by atoms with E-state index in [4.69, 9.17) is 5.73 Å². The predicted octanol–water partition coefficient (Wildman–Crippen LogP) is 2.24. The lowest BCUT2D eigenvalue weighted by molar-refractivity contribution is 0.506. The van der Waals surface area contributed by atoms with Gasteiger partial charge in [0.2, 0.25) is 0 Å². The summed E-state index contributed by atoms with van der Waals surface area (Å²) in [5, 5.41) is 0. The van der Waals surface area contributed by atoms with Crippen molar-refractivity contribution in [3.05, 3.63) is 35.4 Å². The maximum atomic E-state index is 12.7. The van der Waals surface area contributed by atoms with Gasteiger partial charge in [-0.15, -0.1) is 0 Å². The van der Waals surface area contributed by atoms with Gasteiger partial charge in [-0.05, 0) is 37.5 Å². The van der Waals surface area contributed by atoms with E-state index in [1.807, 2.05) is 6.92 Å². The first-order chi connectivity index (χ1) is 6.09. The van der Waals surface area contributed by atoms with E-state index in [2.05, 4.69) is 0 Å². The first-order valence-electron chi connectivity index (χ1n) is 4.29. The van der Waals surface area contributed by atoms with Gasteiger partial charge in [0.25, 0.3) is 0 Å². The SMILES string of the molecule is C[C@@H](N)CCc1ccc(F)c(F)c1. The fourth-order valence-corrected chi connectivity index (χ4v) is 1.09. The first-order valence-corrected chi connectivity index (χ1v) is 4.29. The molecule has 0 saturated heterocycles. The molecule has 1 aromatic rings. The molecular weight excluding hydrogens is 172 g/mol. The van der Waals surface area contributed by atoms with Crippen molar-refractivity contribution in [1.82, 2.24) is 0 Å². The molecular formula is C10H13F2N. The Labute approximate surface area is 76.6 Å². The van der Waals surface area contributed by atoms with Crippen LogP contribution in [0.15, 0.2) is 18.2 Å². The Bertz CT molecular complexity index is 284. The van der Waals surface area contributed by atoms with Gasteiger partial charge in [-0.3, -0.25) is 0 Å². The molecule has 0 radical (unpaired) electrons. The summed E-state index contributed by atoms with van der Waals surface area (Å²) in [6.45, 7) is 1.89. The highest BCUT2D eigenvalue weighted by molar-refractivity contribution is 5.17. The lowest BCUT2D eigenvalue weighted by atomic mass is 10.1. The third-order valence-electron chi connectivity index (χ3n) is 1.87. The largest absolute Gasteiger partial charge is 0.328 e. The second-order valence-corrected chi connectivity index (χ2v) is 3.26. The minimum atomic E-state index is -0.801. The standard InChI is InChI=1S/C10H13F2N/c1-7(13)2-3-8-4-5-9(11)10(12)6-8/h4-7H,2-3,13H2,1H3/t7-/m1/s1. The Morgan fingerprint density at radius 3 is 2.54 bits per heavy atom. The van der Waals surface area contributed by atoms with Crippen LogP contribution in [0.1, 0.15) is 18.9 Å². The van der Waals surface area contributed by atoms with Crippen LogP contribution in [0.25, 0.3) is 0 Å². The number of hydrogen-bond donors (Lipinski definition) is 1. The van der Waals surface area contributed by atoms with E-state index < -0.39 is 11.6 Å². The number of benzene rings is 1. The minimum Gasteiger partial charge on any atom is -0.328 e. The van der Waals surface area contributed by atoms with Crippen LogP contribution in [0.5, 0.6) is 0 Å². The molecule has 1 atom stereocenters. The summed E-state index contributed by atoms with van der Waals surface area (Å²) in [5.41, 5.74) is 6.33. The van der Waals surface area contributed by atoms with Gasteiger partial charge < -0.3 is 5.73 Å². The van der Waals surface area contributed by atoms with Crippen molar-refractivity contribution in [2.45, 2.75) is 25.8 Å². The lowest BCUT2D eigenvalue weighted by Gasteiger charge is -2.04. The van der Waals surface area contributed by atoms with E-state index in [0.717, 1.165) is 18.1 Å². The van der Waals surface area contributed by atoms with Crippen LogP contribution < -0.4 is 5.73 Å². The molecule has 0 aliphatic heterocycles. The molecule has 0 bridgehead atoms. The van der Waals surface area contributed by atoms with Crippen molar-refractivity contribution >= 4 is 0 Å². The number of nitrogens with two attached hydrogens (primary N) is 1. The average Bonchev–Trinajstić information content (AvgIpc) is 2.07. The number of hydrogen-bond acceptors (Lipinski definition) is 1. The topological polar surface area (TPSA) is 26.0 Å². The van der Waals surface area contributed by atoms with Crippen molar-refractivity contribution in [2.75, 3.05) is 0 Å². The summed E-state index contributed by atoms with van der Waals surface area (Å²) in [5.74, 6) is -1.59. The molecule has 0 aliphatic carbocycles. The molecule has 1 aromatic carbocycles. The molecule has 1 nitrogen and oxygen atoms in total. The van der Waals surface area contributed by atoms with E-state index in [-0.39, 0.29) is 6.04 Å². The Hall–Kier alpha value is -0.960. The van der Waals surface area contributed by atoms with Gasteiger partial charge in [0.1, 0.15) is 0 Å². The molecule has 72 valence electrons. The molecule has 0 amide bonds. The fraction of sp³-hybridized carbons (Fsp3) is 0.400. The maximum Gasteiger partial charge on any atom is 0.159 e. The van der Waals surface area contributed by atoms with Gasteiger partial charge in [-0.2, -0.15) is 0 Å². The van der Waals surface area contributed by atoms with E-state index >= 15 is 0 Å². The number of aryl methyl sites for hydroxylation is 1. The van der Waals surface area contributed by atoms with Crippen LogP contribution in [-0.4, -0.2) is 6.04 Å².